The van der Waals surface area contributed by atoms with Crippen molar-refractivity contribution in [2.45, 2.75) is 85.5 Å². The van der Waals surface area contributed by atoms with E-state index in [1.165, 1.54) is 0 Å². The second-order valence-corrected chi connectivity index (χ2v) is 11.7. The maximum Gasteiger partial charge on any atom is 0.408 e. The second-order valence-electron chi connectivity index (χ2n) is 11.4. The zero-order valence-corrected chi connectivity index (χ0v) is 24.6. The molecule has 0 saturated heterocycles. The molecule has 0 bridgehead atoms. The SMILES string of the molecule is Cc1cccc(C)c1NC(=O)C(c1c(C)cccc1C)N(C(=O)C(CS)NC(=O)OC(C)(C)C)C1CC1C. The summed E-state index contributed by atoms with van der Waals surface area (Å²) in [4.78, 5) is 42.6. The minimum Gasteiger partial charge on any atom is -0.444 e. The molecule has 0 aliphatic heterocycles. The smallest absolute Gasteiger partial charge is 0.408 e. The number of ether oxygens (including phenoxy) is 1. The molecule has 7 nitrogen and oxygen atoms in total. The Hall–Kier alpha value is -3.00. The molecule has 0 heterocycles. The van der Waals surface area contributed by atoms with Crippen LogP contribution >= 0.6 is 12.6 Å². The van der Waals surface area contributed by atoms with Gasteiger partial charge in [-0.05, 0) is 88.6 Å². The molecule has 1 fully saturated rings. The molecule has 1 aliphatic rings. The predicted octanol–water partition coefficient (Wildman–Crippen LogP) is 5.66. The Bertz CT molecular complexity index is 1170. The average molecular weight is 540 g/mol. The normalized spacial score (nSPS) is 18.2. The standard InChI is InChI=1S/C30H41N3O4S/c1-17-11-9-12-18(2)24(17)26(27(34)32-25-19(3)13-10-14-20(25)4)33(23-15-21(23)5)28(35)22(16-38)31-29(36)37-30(6,7)8/h9-14,21-23,26,38H,15-16H2,1-8H3,(H,31,36)(H,32,34). The van der Waals surface area contributed by atoms with Crippen molar-refractivity contribution in [2.75, 3.05) is 11.1 Å². The summed E-state index contributed by atoms with van der Waals surface area (Å²) in [6, 6.07) is 9.71. The molecular weight excluding hydrogens is 498 g/mol. The Balaban J connectivity index is 2.07. The lowest BCUT2D eigenvalue weighted by Gasteiger charge is -2.36. The van der Waals surface area contributed by atoms with Gasteiger partial charge in [0.2, 0.25) is 5.91 Å². The van der Waals surface area contributed by atoms with E-state index in [1.807, 2.05) is 64.1 Å². The largest absolute Gasteiger partial charge is 0.444 e. The van der Waals surface area contributed by atoms with E-state index in [1.54, 1.807) is 25.7 Å². The lowest BCUT2D eigenvalue weighted by molar-refractivity contribution is -0.141. The van der Waals surface area contributed by atoms with Crippen molar-refractivity contribution in [3.05, 3.63) is 64.2 Å². The van der Waals surface area contributed by atoms with Crippen molar-refractivity contribution in [1.29, 1.82) is 0 Å². The predicted molar refractivity (Wildman–Crippen MR) is 155 cm³/mol. The van der Waals surface area contributed by atoms with Crippen LogP contribution in [0.1, 0.15) is 68.0 Å². The van der Waals surface area contributed by atoms with E-state index in [0.29, 0.717) is 0 Å². The van der Waals surface area contributed by atoms with Crippen LogP contribution < -0.4 is 10.6 Å². The number of aryl methyl sites for hydroxylation is 4. The summed E-state index contributed by atoms with van der Waals surface area (Å²) in [5.74, 6) is -0.360. The summed E-state index contributed by atoms with van der Waals surface area (Å²) in [5, 5.41) is 5.81. The Morgan fingerprint density at radius 2 is 1.50 bits per heavy atom. The van der Waals surface area contributed by atoms with Crippen LogP contribution in [0, 0.1) is 33.6 Å². The van der Waals surface area contributed by atoms with E-state index in [2.05, 4.69) is 30.2 Å². The number of amides is 3. The Labute approximate surface area is 232 Å². The fourth-order valence-corrected chi connectivity index (χ4v) is 5.09. The summed E-state index contributed by atoms with van der Waals surface area (Å²) >= 11 is 4.38. The highest BCUT2D eigenvalue weighted by atomic mass is 32.1. The van der Waals surface area contributed by atoms with Gasteiger partial charge in [-0.15, -0.1) is 0 Å². The van der Waals surface area contributed by atoms with Gasteiger partial charge in [-0.3, -0.25) is 9.59 Å². The second kappa shape index (κ2) is 11.8. The minimum absolute atomic E-state index is 0.0632. The van der Waals surface area contributed by atoms with Crippen molar-refractivity contribution in [3.63, 3.8) is 0 Å². The van der Waals surface area contributed by atoms with Gasteiger partial charge < -0.3 is 20.3 Å². The van der Waals surface area contributed by atoms with E-state index in [4.69, 9.17) is 4.74 Å². The van der Waals surface area contributed by atoms with Crippen molar-refractivity contribution >= 4 is 36.2 Å². The summed E-state index contributed by atoms with van der Waals surface area (Å²) in [6.45, 7) is 15.2. The number of nitrogens with one attached hydrogen (secondary N) is 2. The molecule has 2 N–H and O–H groups in total. The van der Waals surface area contributed by atoms with Crippen LogP contribution in [0.15, 0.2) is 36.4 Å². The maximum absolute atomic E-state index is 14.2. The highest BCUT2D eigenvalue weighted by molar-refractivity contribution is 7.80. The van der Waals surface area contributed by atoms with Gasteiger partial charge in [0.1, 0.15) is 17.7 Å². The van der Waals surface area contributed by atoms with E-state index in [0.717, 1.165) is 39.9 Å². The van der Waals surface area contributed by atoms with E-state index in [-0.39, 0.29) is 29.5 Å². The number of anilines is 1. The molecule has 4 unspecified atom stereocenters. The highest BCUT2D eigenvalue weighted by Gasteiger charge is 2.48. The first-order valence-corrected chi connectivity index (χ1v) is 13.7. The molecule has 0 aromatic heterocycles. The summed E-state index contributed by atoms with van der Waals surface area (Å²) < 4.78 is 5.40. The lowest BCUT2D eigenvalue weighted by atomic mass is 9.93. The zero-order chi connectivity index (χ0) is 28.4. The summed E-state index contributed by atoms with van der Waals surface area (Å²) in [5.41, 5.74) is 4.53. The van der Waals surface area contributed by atoms with Gasteiger partial charge in [-0.2, -0.15) is 12.6 Å². The topological polar surface area (TPSA) is 87.7 Å². The third kappa shape index (κ3) is 6.90. The molecule has 2 aromatic rings. The number of rotatable bonds is 8. The molecule has 0 spiro atoms. The molecule has 1 aliphatic carbocycles. The van der Waals surface area contributed by atoms with Crippen LogP contribution in [0.3, 0.4) is 0 Å². The first kappa shape index (κ1) is 29.6. The third-order valence-corrected chi connectivity index (χ3v) is 7.29. The van der Waals surface area contributed by atoms with Crippen LogP contribution in [0.5, 0.6) is 0 Å². The molecule has 3 amide bonds. The van der Waals surface area contributed by atoms with Gasteiger partial charge in [0, 0.05) is 17.5 Å². The first-order chi connectivity index (χ1) is 17.7. The number of benzene rings is 2. The van der Waals surface area contributed by atoms with Crippen LogP contribution in [0.25, 0.3) is 0 Å². The van der Waals surface area contributed by atoms with Gasteiger partial charge in [-0.1, -0.05) is 43.3 Å². The number of carbonyl (C=O) groups is 3. The monoisotopic (exact) mass is 539 g/mol. The number of hydrogen-bond acceptors (Lipinski definition) is 5. The Kier molecular flexibility index (Phi) is 9.18. The average Bonchev–Trinajstić information content (AvgIpc) is 3.53. The number of nitrogens with zero attached hydrogens (tertiary/aromatic N) is 1. The van der Waals surface area contributed by atoms with Crippen LogP contribution in [-0.4, -0.2) is 46.2 Å². The zero-order valence-electron chi connectivity index (χ0n) is 23.7. The number of para-hydroxylation sites is 1. The molecule has 8 heteroatoms. The maximum atomic E-state index is 14.2. The molecule has 2 aromatic carbocycles. The van der Waals surface area contributed by atoms with Crippen LogP contribution in [0.4, 0.5) is 10.5 Å². The minimum atomic E-state index is -0.958. The van der Waals surface area contributed by atoms with Gasteiger partial charge in [-0.25, -0.2) is 4.79 Å². The lowest BCUT2D eigenvalue weighted by Crippen LogP contribution is -2.54. The molecule has 206 valence electrons. The number of hydrogen-bond donors (Lipinski definition) is 3. The highest BCUT2D eigenvalue weighted by Crippen LogP contribution is 2.42. The van der Waals surface area contributed by atoms with Gasteiger partial charge in [0.25, 0.3) is 5.91 Å². The fourth-order valence-electron chi connectivity index (χ4n) is 4.85. The van der Waals surface area contributed by atoms with Gasteiger partial charge >= 0.3 is 6.09 Å². The Morgan fingerprint density at radius 1 is 1.00 bits per heavy atom. The van der Waals surface area contributed by atoms with Crippen molar-refractivity contribution in [1.82, 2.24) is 10.2 Å². The van der Waals surface area contributed by atoms with E-state index < -0.39 is 23.8 Å². The first-order valence-electron chi connectivity index (χ1n) is 13.1. The van der Waals surface area contributed by atoms with Gasteiger partial charge in [0.05, 0.1) is 0 Å². The molecule has 4 atom stereocenters. The van der Waals surface area contributed by atoms with Crippen molar-refractivity contribution < 1.29 is 19.1 Å². The van der Waals surface area contributed by atoms with Gasteiger partial charge in [0.15, 0.2) is 0 Å². The van der Waals surface area contributed by atoms with Crippen LogP contribution in [0.2, 0.25) is 0 Å². The molecular formula is C30H41N3O4S. The van der Waals surface area contributed by atoms with E-state index in [9.17, 15) is 14.4 Å². The number of alkyl carbamates (subject to hydrolysis) is 1. The number of carbonyl (C=O) groups excluding carboxylic acids is 3. The van der Waals surface area contributed by atoms with E-state index >= 15 is 0 Å². The fraction of sp³-hybridized carbons (Fsp3) is 0.500. The third-order valence-electron chi connectivity index (χ3n) is 6.92. The van der Waals surface area contributed by atoms with Crippen molar-refractivity contribution in [2.24, 2.45) is 5.92 Å². The molecule has 0 radical (unpaired) electrons. The summed E-state index contributed by atoms with van der Waals surface area (Å²) in [6.07, 6.45) is 0.0764. The quantitative estimate of drug-likeness (QED) is 0.378. The summed E-state index contributed by atoms with van der Waals surface area (Å²) in [7, 11) is 0. The number of thiol groups is 1. The molecule has 3 rings (SSSR count). The van der Waals surface area contributed by atoms with Crippen LogP contribution in [-0.2, 0) is 14.3 Å². The van der Waals surface area contributed by atoms with Crippen molar-refractivity contribution in [3.8, 4) is 0 Å². The molecule has 38 heavy (non-hydrogen) atoms. The molecule has 1 saturated carbocycles. The Morgan fingerprint density at radius 3 is 1.95 bits per heavy atom.